The average molecular weight is 781 g/mol. The van der Waals surface area contributed by atoms with Crippen LogP contribution in [-0.4, -0.2) is 65.6 Å². The molecule has 338 valence electrons. The fraction of sp³-hybridized carbons (Fsp3) is 1.00. The Morgan fingerprint density at radius 1 is 0.333 bits per heavy atom. The second-order valence-corrected chi connectivity index (χ2v) is 16.0. The molecule has 0 N–H and O–H groups in total. The molecule has 0 bridgehead atoms. The summed E-state index contributed by atoms with van der Waals surface area (Å²) in [6.07, 6.45) is 9.31. The van der Waals surface area contributed by atoms with Gasteiger partial charge >= 0.3 is 0 Å². The van der Waals surface area contributed by atoms with Crippen molar-refractivity contribution < 1.29 is 23.7 Å². The molecular weight excluding hydrogens is 669 g/mol. The highest BCUT2D eigenvalue weighted by Crippen LogP contribution is 2.33. The first kappa shape index (κ1) is 68.5. The van der Waals surface area contributed by atoms with Gasteiger partial charge in [0.1, 0.15) is 0 Å². The van der Waals surface area contributed by atoms with E-state index >= 15 is 0 Å². The van der Waals surface area contributed by atoms with Gasteiger partial charge in [0.25, 0.3) is 0 Å². The number of hydrogen-bond acceptors (Lipinski definition) is 5. The summed E-state index contributed by atoms with van der Waals surface area (Å²) in [5, 5.41) is 0. The van der Waals surface area contributed by atoms with Gasteiger partial charge in [0.2, 0.25) is 0 Å². The Labute approximate surface area is 346 Å². The van der Waals surface area contributed by atoms with E-state index in [9.17, 15) is 0 Å². The zero-order valence-electron chi connectivity index (χ0n) is 42.7. The van der Waals surface area contributed by atoms with Crippen molar-refractivity contribution >= 4 is 0 Å². The standard InChI is InChI=1S/C9H18O.2C8H16O.2C5H10O.7C2H6/c1-9(2,3)8-4-6-10-7-5-8;1-8(2,3)7-4-5-9-6-7;1-8(2,3)7-5-4-6-9-7;2*1-5-2-3-6-4-5;7*1-2/h8H,4-7H2,1-3H3;2*7H,4-6H2,1-3H3;2*5H,2-4H2,1H3;7*1-2H3/t;;;2*5-;;;;;;;/m...11......./s1. The van der Waals surface area contributed by atoms with Crippen molar-refractivity contribution in [2.24, 2.45) is 39.9 Å². The zero-order valence-corrected chi connectivity index (χ0v) is 42.7. The molecule has 0 amide bonds. The van der Waals surface area contributed by atoms with Gasteiger partial charge in [-0.1, -0.05) is 173 Å². The van der Waals surface area contributed by atoms with Gasteiger partial charge in [-0.2, -0.15) is 0 Å². The number of hydrogen-bond donors (Lipinski definition) is 0. The minimum atomic E-state index is 0.358. The van der Waals surface area contributed by atoms with Crippen LogP contribution in [0.2, 0.25) is 0 Å². The topological polar surface area (TPSA) is 46.2 Å². The van der Waals surface area contributed by atoms with E-state index in [0.717, 1.165) is 83.1 Å². The molecule has 4 atom stereocenters. The maximum absolute atomic E-state index is 5.52. The van der Waals surface area contributed by atoms with Crippen LogP contribution in [0.4, 0.5) is 0 Å². The highest BCUT2D eigenvalue weighted by Gasteiger charge is 2.29. The maximum Gasteiger partial charge on any atom is 0.0624 e. The minimum absolute atomic E-state index is 0.358. The molecule has 5 nitrogen and oxygen atoms in total. The highest BCUT2D eigenvalue weighted by atomic mass is 16.5. The van der Waals surface area contributed by atoms with E-state index < -0.39 is 0 Å². The number of ether oxygens (including phenoxy) is 5. The Bertz CT molecular complexity index is 547. The van der Waals surface area contributed by atoms with Crippen LogP contribution in [0.15, 0.2) is 0 Å². The molecule has 0 spiro atoms. The highest BCUT2D eigenvalue weighted by molar-refractivity contribution is 4.78. The fourth-order valence-corrected chi connectivity index (χ4v) is 5.35. The second-order valence-electron chi connectivity index (χ2n) is 16.0. The molecule has 0 aliphatic carbocycles. The van der Waals surface area contributed by atoms with Crippen LogP contribution in [0.5, 0.6) is 0 Å². The van der Waals surface area contributed by atoms with E-state index in [2.05, 4.69) is 76.2 Å². The molecule has 5 aliphatic heterocycles. The first-order valence-corrected chi connectivity index (χ1v) is 23.5. The third-order valence-electron chi connectivity index (χ3n) is 8.81. The van der Waals surface area contributed by atoms with Gasteiger partial charge in [-0.05, 0) is 84.9 Å². The van der Waals surface area contributed by atoms with Crippen LogP contribution in [-0.2, 0) is 23.7 Å². The largest absolute Gasteiger partial charge is 0.381 e. The lowest BCUT2D eigenvalue weighted by Crippen LogP contribution is -2.27. The van der Waals surface area contributed by atoms with E-state index in [1.54, 1.807) is 0 Å². The van der Waals surface area contributed by atoms with E-state index in [1.807, 2.05) is 96.9 Å². The molecule has 2 unspecified atom stereocenters. The predicted octanol–water partition coefficient (Wildman–Crippen LogP) is 16.0. The Morgan fingerprint density at radius 2 is 0.648 bits per heavy atom. The molecule has 0 aromatic heterocycles. The van der Waals surface area contributed by atoms with Gasteiger partial charge in [-0.25, -0.2) is 0 Å². The van der Waals surface area contributed by atoms with Crippen molar-refractivity contribution in [2.45, 2.75) is 224 Å². The van der Waals surface area contributed by atoms with Gasteiger partial charge in [0, 0.05) is 59.5 Å². The van der Waals surface area contributed by atoms with Crippen LogP contribution in [0, 0.1) is 39.9 Å². The minimum Gasteiger partial charge on any atom is -0.381 e. The van der Waals surface area contributed by atoms with E-state index in [0.29, 0.717) is 22.3 Å². The van der Waals surface area contributed by atoms with E-state index in [1.165, 1.54) is 44.9 Å². The van der Waals surface area contributed by atoms with Crippen molar-refractivity contribution in [3.8, 4) is 0 Å². The van der Waals surface area contributed by atoms with Crippen LogP contribution < -0.4 is 0 Å². The van der Waals surface area contributed by atoms with Gasteiger partial charge < -0.3 is 23.7 Å². The molecule has 5 aliphatic rings. The molecule has 0 aromatic carbocycles. The van der Waals surface area contributed by atoms with Crippen LogP contribution in [0.1, 0.15) is 218 Å². The summed E-state index contributed by atoms with van der Waals surface area (Å²) in [5.41, 5.74) is 1.30. The second kappa shape index (κ2) is 48.9. The van der Waals surface area contributed by atoms with Gasteiger partial charge in [-0.15, -0.1) is 0 Å². The lowest BCUT2D eigenvalue weighted by Gasteiger charge is -2.33. The molecule has 5 rings (SSSR count). The van der Waals surface area contributed by atoms with Gasteiger partial charge in [-0.3, -0.25) is 0 Å². The third-order valence-corrected chi connectivity index (χ3v) is 8.81. The Kier molecular flexibility index (Phi) is 62.1. The average Bonchev–Trinajstić information content (AvgIpc) is 4.05. The van der Waals surface area contributed by atoms with Crippen molar-refractivity contribution in [3.63, 3.8) is 0 Å². The van der Waals surface area contributed by atoms with Gasteiger partial charge in [0.15, 0.2) is 0 Å². The normalized spacial score (nSPS) is 22.4. The Morgan fingerprint density at radius 3 is 0.796 bits per heavy atom. The molecule has 5 saturated heterocycles. The monoisotopic (exact) mass is 781 g/mol. The van der Waals surface area contributed by atoms with Gasteiger partial charge in [0.05, 0.1) is 6.10 Å². The quantitative estimate of drug-likeness (QED) is 0.245. The van der Waals surface area contributed by atoms with E-state index in [4.69, 9.17) is 23.7 Å². The molecule has 5 heterocycles. The molecule has 0 saturated carbocycles. The Hall–Kier alpha value is -0.200. The third kappa shape index (κ3) is 46.2. The summed E-state index contributed by atoms with van der Waals surface area (Å²) in [6.45, 7) is 61.8. The lowest BCUT2D eigenvalue weighted by atomic mass is 9.76. The zero-order chi connectivity index (χ0) is 44.2. The first-order valence-electron chi connectivity index (χ1n) is 23.5. The predicted molar refractivity (Wildman–Crippen MR) is 248 cm³/mol. The van der Waals surface area contributed by atoms with Crippen LogP contribution in [0.25, 0.3) is 0 Å². The summed E-state index contributed by atoms with van der Waals surface area (Å²) >= 11 is 0. The number of rotatable bonds is 0. The SMILES string of the molecule is CC.CC.CC.CC.CC.CC.CC.CC(C)(C)C1CCCO1.CC(C)(C)C1CCOC1.CC(C)(C)C1CCOCC1.C[C@@H]1CCOC1.C[C@@H]1CCOC1. The van der Waals surface area contributed by atoms with Crippen molar-refractivity contribution in [3.05, 3.63) is 0 Å². The molecule has 0 aromatic rings. The smallest absolute Gasteiger partial charge is 0.0624 e. The summed E-state index contributed by atoms with van der Waals surface area (Å²) in [7, 11) is 0. The molecular formula is C49H112O5. The summed E-state index contributed by atoms with van der Waals surface area (Å²) in [5.74, 6) is 3.31. The summed E-state index contributed by atoms with van der Waals surface area (Å²) < 4.78 is 26.2. The lowest BCUT2D eigenvalue weighted by molar-refractivity contribution is 0.0286. The summed E-state index contributed by atoms with van der Waals surface area (Å²) in [4.78, 5) is 0. The maximum atomic E-state index is 5.52. The molecule has 54 heavy (non-hydrogen) atoms. The first-order chi connectivity index (χ1) is 25.6. The molecule has 5 heteroatoms. The Balaban J connectivity index is -0.0000000951. The fourth-order valence-electron chi connectivity index (χ4n) is 5.35. The van der Waals surface area contributed by atoms with Crippen LogP contribution in [0.3, 0.4) is 0 Å². The van der Waals surface area contributed by atoms with Crippen molar-refractivity contribution in [1.29, 1.82) is 0 Å². The molecule has 0 radical (unpaired) electrons. The summed E-state index contributed by atoms with van der Waals surface area (Å²) in [6, 6.07) is 0. The van der Waals surface area contributed by atoms with Crippen molar-refractivity contribution in [2.75, 3.05) is 59.5 Å². The molecule has 5 fully saturated rings. The van der Waals surface area contributed by atoms with Crippen LogP contribution >= 0.6 is 0 Å². The van der Waals surface area contributed by atoms with E-state index in [-0.39, 0.29) is 0 Å². The van der Waals surface area contributed by atoms with Crippen molar-refractivity contribution in [1.82, 2.24) is 0 Å².